The van der Waals surface area contributed by atoms with Crippen LogP contribution in [0.25, 0.3) is 0 Å². The third kappa shape index (κ3) is 1.90. The summed E-state index contributed by atoms with van der Waals surface area (Å²) in [5.74, 6) is 0. The SMILES string of the molecule is C[Si]1(C)C=CC(c2ccccc2)O1. The molecular formula is C11H14OSi. The lowest BCUT2D eigenvalue weighted by Gasteiger charge is -2.17. The fourth-order valence-electron chi connectivity index (χ4n) is 1.55. The van der Waals surface area contributed by atoms with Gasteiger partial charge in [0.05, 0.1) is 6.10 Å². The maximum atomic E-state index is 5.96. The van der Waals surface area contributed by atoms with Gasteiger partial charge in [-0.3, -0.25) is 0 Å². The first-order valence-electron chi connectivity index (χ1n) is 4.59. The van der Waals surface area contributed by atoms with Crippen LogP contribution < -0.4 is 0 Å². The molecule has 1 heterocycles. The average molecular weight is 190 g/mol. The lowest BCUT2D eigenvalue weighted by Crippen LogP contribution is -2.24. The minimum absolute atomic E-state index is 0.197. The lowest BCUT2D eigenvalue weighted by atomic mass is 10.1. The molecule has 0 bridgehead atoms. The molecule has 0 aromatic heterocycles. The molecule has 0 spiro atoms. The smallest absolute Gasteiger partial charge is 0.212 e. The van der Waals surface area contributed by atoms with E-state index >= 15 is 0 Å². The third-order valence-electron chi connectivity index (χ3n) is 2.23. The van der Waals surface area contributed by atoms with Crippen molar-refractivity contribution in [1.82, 2.24) is 0 Å². The van der Waals surface area contributed by atoms with Crippen molar-refractivity contribution in [2.75, 3.05) is 0 Å². The van der Waals surface area contributed by atoms with E-state index in [0.717, 1.165) is 0 Å². The van der Waals surface area contributed by atoms with E-state index in [1.165, 1.54) is 5.56 Å². The van der Waals surface area contributed by atoms with Gasteiger partial charge >= 0.3 is 0 Å². The van der Waals surface area contributed by atoms with Crippen LogP contribution >= 0.6 is 0 Å². The summed E-state index contributed by atoms with van der Waals surface area (Å²) < 4.78 is 5.96. The molecule has 2 heteroatoms. The monoisotopic (exact) mass is 190 g/mol. The van der Waals surface area contributed by atoms with E-state index in [0.29, 0.717) is 0 Å². The van der Waals surface area contributed by atoms with Gasteiger partial charge in [-0.05, 0) is 18.7 Å². The lowest BCUT2D eigenvalue weighted by molar-refractivity contribution is 0.264. The molecule has 0 saturated heterocycles. The molecule has 0 fully saturated rings. The minimum atomic E-state index is -1.47. The van der Waals surface area contributed by atoms with E-state index in [-0.39, 0.29) is 6.10 Å². The molecular weight excluding hydrogens is 176 g/mol. The van der Waals surface area contributed by atoms with Crippen LogP contribution in [0.4, 0.5) is 0 Å². The first-order chi connectivity index (χ1) is 6.17. The normalized spacial score (nSPS) is 24.9. The predicted molar refractivity (Wildman–Crippen MR) is 56.9 cm³/mol. The molecule has 1 aromatic carbocycles. The van der Waals surface area contributed by atoms with E-state index in [1.807, 2.05) is 6.07 Å². The largest absolute Gasteiger partial charge is 0.403 e. The van der Waals surface area contributed by atoms with Gasteiger partial charge in [0.15, 0.2) is 0 Å². The number of benzene rings is 1. The van der Waals surface area contributed by atoms with Crippen molar-refractivity contribution in [2.24, 2.45) is 0 Å². The molecule has 0 amide bonds. The Morgan fingerprint density at radius 2 is 1.85 bits per heavy atom. The van der Waals surface area contributed by atoms with Gasteiger partial charge in [0, 0.05) is 0 Å². The molecule has 0 saturated carbocycles. The fourth-order valence-corrected chi connectivity index (χ4v) is 3.13. The summed E-state index contributed by atoms with van der Waals surface area (Å²) in [4.78, 5) is 0. The van der Waals surface area contributed by atoms with Crippen molar-refractivity contribution in [3.8, 4) is 0 Å². The molecule has 1 aliphatic rings. The van der Waals surface area contributed by atoms with Gasteiger partial charge in [0.25, 0.3) is 0 Å². The van der Waals surface area contributed by atoms with Crippen molar-refractivity contribution >= 4 is 8.32 Å². The number of rotatable bonds is 1. The molecule has 1 aromatic rings. The van der Waals surface area contributed by atoms with Crippen LogP contribution in [-0.4, -0.2) is 8.32 Å². The predicted octanol–water partition coefficient (Wildman–Crippen LogP) is 3.06. The van der Waals surface area contributed by atoms with Crippen LogP contribution in [0.15, 0.2) is 42.1 Å². The average Bonchev–Trinajstić information content (AvgIpc) is 2.48. The van der Waals surface area contributed by atoms with Gasteiger partial charge in [-0.1, -0.05) is 42.1 Å². The molecule has 1 nitrogen and oxygen atoms in total. The van der Waals surface area contributed by atoms with Crippen LogP contribution in [0.5, 0.6) is 0 Å². The minimum Gasteiger partial charge on any atom is -0.403 e. The van der Waals surface area contributed by atoms with Crippen molar-refractivity contribution in [2.45, 2.75) is 19.2 Å². The zero-order valence-electron chi connectivity index (χ0n) is 8.03. The van der Waals surface area contributed by atoms with Gasteiger partial charge in [-0.25, -0.2) is 0 Å². The van der Waals surface area contributed by atoms with Gasteiger partial charge in [-0.15, -0.1) is 0 Å². The van der Waals surface area contributed by atoms with Crippen molar-refractivity contribution in [3.05, 3.63) is 47.7 Å². The number of hydrogen-bond acceptors (Lipinski definition) is 1. The molecule has 68 valence electrons. The van der Waals surface area contributed by atoms with Crippen molar-refractivity contribution < 1.29 is 4.43 Å². The second-order valence-electron chi connectivity index (χ2n) is 3.91. The van der Waals surface area contributed by atoms with Crippen molar-refractivity contribution in [3.63, 3.8) is 0 Å². The highest BCUT2D eigenvalue weighted by molar-refractivity contribution is 6.76. The Kier molecular flexibility index (Phi) is 2.10. The summed E-state index contributed by atoms with van der Waals surface area (Å²) in [5, 5.41) is 0. The second kappa shape index (κ2) is 3.12. The standard InChI is InChI=1S/C11H14OSi/c1-13(2)9-8-11(12-13)10-6-4-3-5-7-10/h3-9,11H,1-2H3. The Morgan fingerprint density at radius 3 is 2.38 bits per heavy atom. The van der Waals surface area contributed by atoms with E-state index in [4.69, 9.17) is 4.43 Å². The van der Waals surface area contributed by atoms with Crippen LogP contribution in [0.3, 0.4) is 0 Å². The van der Waals surface area contributed by atoms with E-state index in [1.54, 1.807) is 0 Å². The molecule has 1 aliphatic heterocycles. The van der Waals surface area contributed by atoms with Crippen LogP contribution in [-0.2, 0) is 4.43 Å². The summed E-state index contributed by atoms with van der Waals surface area (Å²) >= 11 is 0. The summed E-state index contributed by atoms with van der Waals surface area (Å²) in [6, 6.07) is 10.4. The summed E-state index contributed by atoms with van der Waals surface area (Å²) in [6.45, 7) is 4.43. The first kappa shape index (κ1) is 8.72. The second-order valence-corrected chi connectivity index (χ2v) is 7.69. The number of hydrogen-bond donors (Lipinski definition) is 0. The molecule has 0 aliphatic carbocycles. The topological polar surface area (TPSA) is 9.23 Å². The summed E-state index contributed by atoms with van der Waals surface area (Å²) in [6.07, 6.45) is 2.38. The Hall–Kier alpha value is -0.863. The molecule has 2 rings (SSSR count). The van der Waals surface area contributed by atoms with Gasteiger partial charge in [0.1, 0.15) is 0 Å². The van der Waals surface area contributed by atoms with Crippen LogP contribution in [0, 0.1) is 0 Å². The quantitative estimate of drug-likeness (QED) is 0.618. The highest BCUT2D eigenvalue weighted by Gasteiger charge is 2.28. The van der Waals surface area contributed by atoms with E-state index < -0.39 is 8.32 Å². The van der Waals surface area contributed by atoms with Gasteiger partial charge in [0.2, 0.25) is 8.32 Å². The van der Waals surface area contributed by atoms with Crippen molar-refractivity contribution in [1.29, 1.82) is 0 Å². The highest BCUT2D eigenvalue weighted by Crippen LogP contribution is 2.29. The van der Waals surface area contributed by atoms with E-state index in [9.17, 15) is 0 Å². The van der Waals surface area contributed by atoms with Gasteiger partial charge in [-0.2, -0.15) is 0 Å². The van der Waals surface area contributed by atoms with Crippen LogP contribution in [0.2, 0.25) is 13.1 Å². The maximum absolute atomic E-state index is 5.96. The van der Waals surface area contributed by atoms with Gasteiger partial charge < -0.3 is 4.43 Å². The zero-order chi connectivity index (χ0) is 9.31. The summed E-state index contributed by atoms with van der Waals surface area (Å²) in [5.41, 5.74) is 3.52. The fraction of sp³-hybridized carbons (Fsp3) is 0.273. The molecule has 0 radical (unpaired) electrons. The van der Waals surface area contributed by atoms with Crippen LogP contribution in [0.1, 0.15) is 11.7 Å². The molecule has 1 atom stereocenters. The maximum Gasteiger partial charge on any atom is 0.212 e. The Balaban J connectivity index is 2.19. The Bertz CT molecular complexity index is 316. The molecule has 0 N–H and O–H groups in total. The van der Waals surface area contributed by atoms with E-state index in [2.05, 4.69) is 49.1 Å². The Morgan fingerprint density at radius 1 is 1.15 bits per heavy atom. The third-order valence-corrected chi connectivity index (χ3v) is 4.09. The molecule has 13 heavy (non-hydrogen) atoms. The molecule has 1 unspecified atom stereocenters. The zero-order valence-corrected chi connectivity index (χ0v) is 9.03. The Labute approximate surface area is 80.2 Å². The highest BCUT2D eigenvalue weighted by atomic mass is 28.4. The first-order valence-corrected chi connectivity index (χ1v) is 7.58. The summed E-state index contributed by atoms with van der Waals surface area (Å²) in [7, 11) is -1.47.